The van der Waals surface area contributed by atoms with Gasteiger partial charge in [0.15, 0.2) is 0 Å². The first kappa shape index (κ1) is 19.8. The largest absolute Gasteiger partial charge is 0.294 e. The maximum Gasteiger partial charge on any atom is 0.270 e. The molecule has 0 aliphatic carbocycles. The Kier molecular flexibility index (Phi) is 6.15. The normalized spacial score (nSPS) is 15.0. The summed E-state index contributed by atoms with van der Waals surface area (Å²) in [5.74, 6) is 0. The molecule has 0 amide bonds. The Balaban J connectivity index is 1.45. The van der Waals surface area contributed by atoms with Crippen molar-refractivity contribution in [3.05, 3.63) is 112 Å². The predicted octanol–water partition coefficient (Wildman–Crippen LogP) is 4.34. The molecule has 6 heteroatoms. The highest BCUT2D eigenvalue weighted by molar-refractivity contribution is 5.80. The van der Waals surface area contributed by atoms with E-state index in [2.05, 4.69) is 58.5 Å². The number of hydrogen-bond donors (Lipinski definition) is 0. The number of nitro benzene ring substituents is 1. The summed E-state index contributed by atoms with van der Waals surface area (Å²) in [4.78, 5) is 13.0. The highest BCUT2D eigenvalue weighted by Gasteiger charge is 2.25. The van der Waals surface area contributed by atoms with Crippen LogP contribution in [0, 0.1) is 10.1 Å². The van der Waals surface area contributed by atoms with E-state index in [1.54, 1.807) is 18.3 Å². The summed E-state index contributed by atoms with van der Waals surface area (Å²) in [6.07, 6.45) is 1.70. The van der Waals surface area contributed by atoms with Gasteiger partial charge >= 0.3 is 0 Å². The molecule has 3 aromatic rings. The Hall–Kier alpha value is -3.51. The topological polar surface area (TPSA) is 62.0 Å². The summed E-state index contributed by atoms with van der Waals surface area (Å²) in [7, 11) is 0. The van der Waals surface area contributed by atoms with Gasteiger partial charge in [0, 0.05) is 43.9 Å². The third-order valence-electron chi connectivity index (χ3n) is 5.34. The molecular weight excluding hydrogens is 376 g/mol. The number of rotatable bonds is 6. The number of benzene rings is 3. The molecule has 0 unspecified atom stereocenters. The van der Waals surface area contributed by atoms with E-state index in [4.69, 9.17) is 0 Å². The van der Waals surface area contributed by atoms with E-state index in [1.807, 2.05) is 23.2 Å². The first-order valence-corrected chi connectivity index (χ1v) is 10.1. The average Bonchev–Trinajstić information content (AvgIpc) is 2.80. The van der Waals surface area contributed by atoms with Gasteiger partial charge in [0.2, 0.25) is 0 Å². The first-order valence-electron chi connectivity index (χ1n) is 10.1. The minimum absolute atomic E-state index is 0.0809. The van der Waals surface area contributed by atoms with E-state index in [1.165, 1.54) is 17.2 Å². The number of piperazine rings is 1. The standard InChI is InChI=1S/C24H24N4O2/c29-28(30)23-13-7-8-20(18-23)19-25-27-16-14-26(15-17-27)24(21-9-3-1-4-10-21)22-11-5-2-6-12-22/h1-13,18-19,24H,14-17H2. The lowest BCUT2D eigenvalue weighted by molar-refractivity contribution is -0.384. The maximum absolute atomic E-state index is 10.9. The van der Waals surface area contributed by atoms with Gasteiger partial charge in [-0.25, -0.2) is 0 Å². The molecule has 0 saturated carbocycles. The SMILES string of the molecule is O=[N+]([O-])c1cccc(C=NN2CCN(C(c3ccccc3)c3ccccc3)CC2)c1. The molecule has 0 N–H and O–H groups in total. The fraction of sp³-hybridized carbons (Fsp3) is 0.208. The Morgan fingerprint density at radius 1 is 0.833 bits per heavy atom. The van der Waals surface area contributed by atoms with E-state index in [0.717, 1.165) is 31.7 Å². The Morgan fingerprint density at radius 2 is 1.43 bits per heavy atom. The average molecular weight is 400 g/mol. The highest BCUT2D eigenvalue weighted by atomic mass is 16.6. The minimum atomic E-state index is -0.386. The number of non-ortho nitro benzene ring substituents is 1. The molecule has 0 aromatic heterocycles. The van der Waals surface area contributed by atoms with Crippen molar-refractivity contribution in [2.24, 2.45) is 5.10 Å². The van der Waals surface area contributed by atoms with Crippen LogP contribution in [-0.4, -0.2) is 47.2 Å². The molecule has 3 aromatic carbocycles. The molecule has 1 heterocycles. The van der Waals surface area contributed by atoms with Gasteiger partial charge in [-0.1, -0.05) is 72.8 Å². The maximum atomic E-state index is 10.9. The van der Waals surface area contributed by atoms with Gasteiger partial charge in [0.1, 0.15) is 0 Å². The Bertz CT molecular complexity index is 960. The van der Waals surface area contributed by atoms with E-state index in [9.17, 15) is 10.1 Å². The van der Waals surface area contributed by atoms with Crippen molar-refractivity contribution in [2.75, 3.05) is 26.2 Å². The van der Waals surface area contributed by atoms with E-state index in [-0.39, 0.29) is 16.7 Å². The summed E-state index contributed by atoms with van der Waals surface area (Å²) < 4.78 is 0. The second-order valence-electron chi connectivity index (χ2n) is 7.31. The van der Waals surface area contributed by atoms with Gasteiger partial charge in [-0.05, 0) is 11.1 Å². The number of nitro groups is 1. The predicted molar refractivity (Wildman–Crippen MR) is 119 cm³/mol. The van der Waals surface area contributed by atoms with E-state index in [0.29, 0.717) is 0 Å². The van der Waals surface area contributed by atoms with Gasteiger partial charge in [-0.2, -0.15) is 5.10 Å². The number of hydrogen-bond acceptors (Lipinski definition) is 5. The van der Waals surface area contributed by atoms with Crippen molar-refractivity contribution in [1.82, 2.24) is 9.91 Å². The molecule has 1 saturated heterocycles. The minimum Gasteiger partial charge on any atom is -0.294 e. The van der Waals surface area contributed by atoms with Crippen LogP contribution in [0.5, 0.6) is 0 Å². The Morgan fingerprint density at radius 3 is 2.00 bits per heavy atom. The van der Waals surface area contributed by atoms with Crippen LogP contribution in [0.3, 0.4) is 0 Å². The van der Waals surface area contributed by atoms with Gasteiger partial charge in [0.05, 0.1) is 17.2 Å². The summed E-state index contributed by atoms with van der Waals surface area (Å²) in [5, 5.41) is 17.5. The van der Waals surface area contributed by atoms with Crippen LogP contribution < -0.4 is 0 Å². The molecule has 0 atom stereocenters. The summed E-state index contributed by atoms with van der Waals surface area (Å²) >= 11 is 0. The van der Waals surface area contributed by atoms with Crippen LogP contribution in [-0.2, 0) is 0 Å². The lowest BCUT2D eigenvalue weighted by Gasteiger charge is -2.38. The number of hydrazone groups is 1. The number of nitrogens with zero attached hydrogens (tertiary/aromatic N) is 4. The van der Waals surface area contributed by atoms with E-state index >= 15 is 0 Å². The zero-order valence-corrected chi connectivity index (χ0v) is 16.7. The van der Waals surface area contributed by atoms with Crippen LogP contribution in [0.2, 0.25) is 0 Å². The third kappa shape index (κ3) is 4.72. The van der Waals surface area contributed by atoms with Crippen molar-refractivity contribution in [2.45, 2.75) is 6.04 Å². The zero-order chi connectivity index (χ0) is 20.8. The fourth-order valence-corrected chi connectivity index (χ4v) is 3.84. The third-order valence-corrected chi connectivity index (χ3v) is 5.34. The molecular formula is C24H24N4O2. The molecule has 30 heavy (non-hydrogen) atoms. The molecule has 152 valence electrons. The van der Waals surface area contributed by atoms with Crippen molar-refractivity contribution in [3.8, 4) is 0 Å². The smallest absolute Gasteiger partial charge is 0.270 e. The van der Waals surface area contributed by atoms with Gasteiger partial charge in [0.25, 0.3) is 5.69 Å². The van der Waals surface area contributed by atoms with Gasteiger partial charge in [-0.3, -0.25) is 20.0 Å². The molecule has 1 aliphatic heterocycles. The van der Waals surface area contributed by atoms with Gasteiger partial charge < -0.3 is 0 Å². The summed E-state index contributed by atoms with van der Waals surface area (Å²) in [5.41, 5.74) is 3.39. The molecule has 0 radical (unpaired) electrons. The van der Waals surface area contributed by atoms with Crippen molar-refractivity contribution < 1.29 is 4.92 Å². The van der Waals surface area contributed by atoms with Crippen molar-refractivity contribution in [3.63, 3.8) is 0 Å². The van der Waals surface area contributed by atoms with E-state index < -0.39 is 0 Å². The monoisotopic (exact) mass is 400 g/mol. The van der Waals surface area contributed by atoms with Crippen LogP contribution in [0.15, 0.2) is 90.0 Å². The highest BCUT2D eigenvalue weighted by Crippen LogP contribution is 2.29. The summed E-state index contributed by atoms with van der Waals surface area (Å²) in [6.45, 7) is 3.39. The molecule has 0 bridgehead atoms. The van der Waals surface area contributed by atoms with Crippen LogP contribution in [0.4, 0.5) is 5.69 Å². The Labute approximate surface area is 176 Å². The van der Waals surface area contributed by atoms with Crippen LogP contribution in [0.1, 0.15) is 22.7 Å². The summed E-state index contributed by atoms with van der Waals surface area (Å²) in [6, 6.07) is 27.9. The lowest BCUT2D eigenvalue weighted by Crippen LogP contribution is -2.45. The fourth-order valence-electron chi connectivity index (χ4n) is 3.84. The van der Waals surface area contributed by atoms with Gasteiger partial charge in [-0.15, -0.1) is 0 Å². The molecule has 6 nitrogen and oxygen atoms in total. The second-order valence-corrected chi connectivity index (χ2v) is 7.31. The zero-order valence-electron chi connectivity index (χ0n) is 16.7. The van der Waals surface area contributed by atoms with Crippen LogP contribution in [0.25, 0.3) is 0 Å². The molecule has 4 rings (SSSR count). The lowest BCUT2D eigenvalue weighted by atomic mass is 9.96. The molecule has 0 spiro atoms. The first-order chi connectivity index (χ1) is 14.7. The quantitative estimate of drug-likeness (QED) is 0.351. The van der Waals surface area contributed by atoms with Crippen molar-refractivity contribution >= 4 is 11.9 Å². The van der Waals surface area contributed by atoms with Crippen LogP contribution >= 0.6 is 0 Å². The molecule has 1 fully saturated rings. The second kappa shape index (κ2) is 9.33. The van der Waals surface area contributed by atoms with Crippen molar-refractivity contribution in [1.29, 1.82) is 0 Å². The molecule has 1 aliphatic rings.